The molecule has 1 heterocycles. The number of aliphatic hydroxyl groups is 1. The van der Waals surface area contributed by atoms with Crippen LogP contribution in [0.4, 0.5) is 4.79 Å². The number of nitrogens with one attached hydrogen (secondary N) is 1. The second kappa shape index (κ2) is 6.70. The zero-order chi connectivity index (χ0) is 15.4. The summed E-state index contributed by atoms with van der Waals surface area (Å²) < 4.78 is 31.7. The van der Waals surface area contributed by atoms with Crippen LogP contribution in [0, 0.1) is 0 Å². The quantitative estimate of drug-likeness (QED) is 0.717. The number of ether oxygens (including phenoxy) is 1. The summed E-state index contributed by atoms with van der Waals surface area (Å²) in [6, 6.07) is 0. The van der Waals surface area contributed by atoms with Gasteiger partial charge in [-0.2, -0.15) is 17.0 Å². The molecule has 1 rings (SSSR count). The summed E-state index contributed by atoms with van der Waals surface area (Å²) in [5.41, 5.74) is -0.802. The highest BCUT2D eigenvalue weighted by atomic mass is 32.2. The lowest BCUT2D eigenvalue weighted by Gasteiger charge is -2.33. The van der Waals surface area contributed by atoms with Gasteiger partial charge in [-0.05, 0) is 20.8 Å². The second-order valence-electron chi connectivity index (χ2n) is 5.43. The highest BCUT2D eigenvalue weighted by molar-refractivity contribution is 7.87. The van der Waals surface area contributed by atoms with Gasteiger partial charge in [-0.1, -0.05) is 0 Å². The molecule has 1 saturated heterocycles. The van der Waals surface area contributed by atoms with Crippen LogP contribution < -0.4 is 5.32 Å². The minimum Gasteiger partial charge on any atom is -0.443 e. The van der Waals surface area contributed by atoms with Gasteiger partial charge in [0.15, 0.2) is 0 Å². The lowest BCUT2D eigenvalue weighted by atomic mass is 10.2. The number of piperazine rings is 1. The predicted molar refractivity (Wildman–Crippen MR) is 73.4 cm³/mol. The van der Waals surface area contributed by atoms with Gasteiger partial charge in [-0.15, -0.1) is 0 Å². The lowest BCUT2D eigenvalue weighted by Crippen LogP contribution is -2.54. The topological polar surface area (TPSA) is 99.2 Å². The number of carbonyl (C=O) groups is 1. The van der Waals surface area contributed by atoms with E-state index in [0.29, 0.717) is 17.4 Å². The van der Waals surface area contributed by atoms with Crippen molar-refractivity contribution in [1.82, 2.24) is 13.9 Å². The molecule has 0 saturated carbocycles. The average Bonchev–Trinajstić information content (AvgIpc) is 2.34. The third-order valence-electron chi connectivity index (χ3n) is 2.58. The third-order valence-corrected chi connectivity index (χ3v) is 4.49. The largest absolute Gasteiger partial charge is 0.443 e. The molecule has 1 aliphatic heterocycles. The monoisotopic (exact) mass is 309 g/mol. The Bertz CT molecular complexity index is 426. The minimum atomic E-state index is -3.97. The molecule has 9 heteroatoms. The fourth-order valence-electron chi connectivity index (χ4n) is 1.72. The van der Waals surface area contributed by atoms with Gasteiger partial charge >= 0.3 is 16.3 Å². The highest BCUT2D eigenvalue weighted by Crippen LogP contribution is 2.15. The fraction of sp³-hybridized carbons (Fsp3) is 0.909. The molecule has 0 aromatic heterocycles. The third kappa shape index (κ3) is 4.58. The molecular formula is C11H23N3O5S. The Morgan fingerprint density at radius 3 is 2.35 bits per heavy atom. The molecule has 0 radical (unpaired) electrons. The lowest BCUT2D eigenvalue weighted by molar-refractivity contribution is 0.0360. The first-order chi connectivity index (χ1) is 9.18. The summed E-state index contributed by atoms with van der Waals surface area (Å²) in [4.78, 5) is 12.0. The van der Waals surface area contributed by atoms with Gasteiger partial charge in [0.05, 0.1) is 13.2 Å². The SMILES string of the molecule is CC(C)(C)OC(=O)N(CCO)S(=O)(=O)N1CCNCC1. The minimum absolute atomic E-state index is 0.285. The Morgan fingerprint density at radius 1 is 1.35 bits per heavy atom. The van der Waals surface area contributed by atoms with Crippen LogP contribution in [0.5, 0.6) is 0 Å². The molecule has 1 amide bonds. The average molecular weight is 309 g/mol. The van der Waals surface area contributed by atoms with E-state index >= 15 is 0 Å². The number of amides is 1. The van der Waals surface area contributed by atoms with Crippen molar-refractivity contribution in [3.8, 4) is 0 Å². The number of hydrogen-bond donors (Lipinski definition) is 2. The van der Waals surface area contributed by atoms with E-state index < -0.39 is 28.5 Å². The molecule has 0 aromatic rings. The molecule has 8 nitrogen and oxygen atoms in total. The van der Waals surface area contributed by atoms with Crippen molar-refractivity contribution in [1.29, 1.82) is 0 Å². The van der Waals surface area contributed by atoms with E-state index in [-0.39, 0.29) is 19.6 Å². The van der Waals surface area contributed by atoms with E-state index in [1.54, 1.807) is 20.8 Å². The summed E-state index contributed by atoms with van der Waals surface area (Å²) in [7, 11) is -3.97. The summed E-state index contributed by atoms with van der Waals surface area (Å²) in [5.74, 6) is 0. The van der Waals surface area contributed by atoms with E-state index in [1.807, 2.05) is 0 Å². The first-order valence-corrected chi connectivity index (χ1v) is 7.90. The molecule has 2 N–H and O–H groups in total. The fourth-order valence-corrected chi connectivity index (χ4v) is 3.18. The van der Waals surface area contributed by atoms with Gasteiger partial charge in [0, 0.05) is 26.2 Å². The van der Waals surface area contributed by atoms with E-state index in [1.165, 1.54) is 4.31 Å². The molecule has 0 atom stereocenters. The molecule has 1 aliphatic rings. The molecule has 20 heavy (non-hydrogen) atoms. The summed E-state index contributed by atoms with van der Waals surface area (Å²) in [6.07, 6.45) is -0.968. The predicted octanol–water partition coefficient (Wildman–Crippen LogP) is -0.634. The zero-order valence-electron chi connectivity index (χ0n) is 12.1. The number of hydrogen-bond acceptors (Lipinski definition) is 6. The van der Waals surface area contributed by atoms with Crippen LogP contribution in [-0.4, -0.2) is 73.2 Å². The highest BCUT2D eigenvalue weighted by Gasteiger charge is 2.36. The van der Waals surface area contributed by atoms with E-state index in [2.05, 4.69) is 5.32 Å². The van der Waals surface area contributed by atoms with E-state index in [4.69, 9.17) is 9.84 Å². The van der Waals surface area contributed by atoms with Gasteiger partial charge in [0.25, 0.3) is 0 Å². The number of rotatable bonds is 4. The van der Waals surface area contributed by atoms with Crippen molar-refractivity contribution in [3.05, 3.63) is 0 Å². The van der Waals surface area contributed by atoms with Crippen molar-refractivity contribution in [2.75, 3.05) is 39.3 Å². The summed E-state index contributed by atoms with van der Waals surface area (Å²) in [6.45, 7) is 5.81. The van der Waals surface area contributed by atoms with Crippen LogP contribution >= 0.6 is 0 Å². The standard InChI is InChI=1S/C11H23N3O5S/c1-11(2,3)19-10(16)14(8-9-15)20(17,18)13-6-4-12-5-7-13/h12,15H,4-9H2,1-3H3. The molecule has 0 unspecified atom stereocenters. The van der Waals surface area contributed by atoms with Gasteiger partial charge in [-0.3, -0.25) is 0 Å². The smallest absolute Gasteiger partial charge is 0.425 e. The first-order valence-electron chi connectivity index (χ1n) is 6.51. The van der Waals surface area contributed by atoms with Crippen molar-refractivity contribution in [3.63, 3.8) is 0 Å². The van der Waals surface area contributed by atoms with Crippen LogP contribution in [0.25, 0.3) is 0 Å². The van der Waals surface area contributed by atoms with E-state index in [0.717, 1.165) is 0 Å². The van der Waals surface area contributed by atoms with E-state index in [9.17, 15) is 13.2 Å². The van der Waals surface area contributed by atoms with Gasteiger partial charge in [0.1, 0.15) is 5.60 Å². The number of nitrogens with zero attached hydrogens (tertiary/aromatic N) is 2. The molecule has 118 valence electrons. The van der Waals surface area contributed by atoms with Crippen LogP contribution in [-0.2, 0) is 14.9 Å². The Kier molecular flexibility index (Phi) is 5.75. The summed E-state index contributed by atoms with van der Waals surface area (Å²) in [5, 5.41) is 12.0. The Balaban J connectivity index is 2.90. The maximum atomic E-state index is 12.4. The van der Waals surface area contributed by atoms with Gasteiger partial charge in [0.2, 0.25) is 0 Å². The molecule has 0 aliphatic carbocycles. The molecule has 1 fully saturated rings. The Labute approximate surface area is 119 Å². The molecule has 0 bridgehead atoms. The van der Waals surface area contributed by atoms with Crippen LogP contribution in [0.1, 0.15) is 20.8 Å². The number of aliphatic hydroxyl groups excluding tert-OH is 1. The second-order valence-corrected chi connectivity index (χ2v) is 7.29. The maximum Gasteiger partial charge on any atom is 0.425 e. The van der Waals surface area contributed by atoms with Crippen LogP contribution in [0.3, 0.4) is 0 Å². The molecular weight excluding hydrogens is 286 g/mol. The van der Waals surface area contributed by atoms with Crippen molar-refractivity contribution in [2.45, 2.75) is 26.4 Å². The van der Waals surface area contributed by atoms with Crippen molar-refractivity contribution in [2.24, 2.45) is 0 Å². The van der Waals surface area contributed by atoms with Crippen LogP contribution in [0.2, 0.25) is 0 Å². The molecule has 0 spiro atoms. The number of carbonyl (C=O) groups excluding carboxylic acids is 1. The normalized spacial score (nSPS) is 17.8. The van der Waals surface area contributed by atoms with Gasteiger partial charge in [-0.25, -0.2) is 4.79 Å². The van der Waals surface area contributed by atoms with Crippen molar-refractivity contribution >= 4 is 16.3 Å². The van der Waals surface area contributed by atoms with Gasteiger partial charge < -0.3 is 15.2 Å². The zero-order valence-corrected chi connectivity index (χ0v) is 12.9. The Hall–Kier alpha value is -0.900. The maximum absolute atomic E-state index is 12.4. The van der Waals surface area contributed by atoms with Crippen LogP contribution in [0.15, 0.2) is 0 Å². The first kappa shape index (κ1) is 17.2. The summed E-state index contributed by atoms with van der Waals surface area (Å²) >= 11 is 0. The molecule has 0 aromatic carbocycles. The van der Waals surface area contributed by atoms with Crippen molar-refractivity contribution < 1.29 is 23.1 Å². The Morgan fingerprint density at radius 2 is 1.90 bits per heavy atom.